The van der Waals surface area contributed by atoms with Gasteiger partial charge >= 0.3 is 0 Å². The summed E-state index contributed by atoms with van der Waals surface area (Å²) in [5.41, 5.74) is 2.69. The highest BCUT2D eigenvalue weighted by atomic mass is 16.5. The van der Waals surface area contributed by atoms with Crippen LogP contribution in [-0.4, -0.2) is 75.0 Å². The smallest absolute Gasteiger partial charge is 0.267 e. The lowest BCUT2D eigenvalue weighted by molar-refractivity contribution is -0.121. The van der Waals surface area contributed by atoms with Gasteiger partial charge in [0, 0.05) is 26.0 Å². The first-order chi connectivity index (χ1) is 10.6. The third-order valence-electron chi connectivity index (χ3n) is 3.66. The molecule has 8 nitrogen and oxygen atoms in total. The summed E-state index contributed by atoms with van der Waals surface area (Å²) in [6.45, 7) is 2.48. The lowest BCUT2D eigenvalue weighted by atomic mass is 10.0. The van der Waals surface area contributed by atoms with Gasteiger partial charge in [0.2, 0.25) is 5.91 Å². The maximum atomic E-state index is 12.2. The summed E-state index contributed by atoms with van der Waals surface area (Å²) in [5, 5.41) is 6.76. The summed E-state index contributed by atoms with van der Waals surface area (Å²) in [5.74, 6) is -0.402. The molecule has 0 aliphatic carbocycles. The van der Waals surface area contributed by atoms with E-state index < -0.39 is 0 Å². The Kier molecular flexibility index (Phi) is 6.29. The molecule has 0 aromatic rings. The van der Waals surface area contributed by atoms with Crippen molar-refractivity contribution in [2.24, 2.45) is 5.10 Å². The fraction of sp³-hybridized carbons (Fsp3) is 0.786. The minimum Gasteiger partial charge on any atom is -0.379 e. The van der Waals surface area contributed by atoms with Crippen molar-refractivity contribution in [3.63, 3.8) is 0 Å². The van der Waals surface area contributed by atoms with Gasteiger partial charge in [0.05, 0.1) is 19.3 Å². The van der Waals surface area contributed by atoms with Gasteiger partial charge in [0.1, 0.15) is 11.8 Å². The van der Waals surface area contributed by atoms with Crippen LogP contribution in [0.2, 0.25) is 0 Å². The van der Waals surface area contributed by atoms with Gasteiger partial charge in [-0.2, -0.15) is 5.10 Å². The average molecular weight is 312 g/mol. The van der Waals surface area contributed by atoms with E-state index in [1.165, 1.54) is 0 Å². The molecule has 2 amide bonds. The van der Waals surface area contributed by atoms with Crippen LogP contribution in [0.15, 0.2) is 5.10 Å². The van der Waals surface area contributed by atoms with Crippen LogP contribution in [0.25, 0.3) is 0 Å². The van der Waals surface area contributed by atoms with Crippen molar-refractivity contribution in [1.29, 1.82) is 0 Å². The van der Waals surface area contributed by atoms with Crippen molar-refractivity contribution in [3.8, 4) is 0 Å². The van der Waals surface area contributed by atoms with E-state index in [9.17, 15) is 9.59 Å². The van der Waals surface area contributed by atoms with Crippen LogP contribution < -0.4 is 10.7 Å². The Balaban J connectivity index is 1.85. The van der Waals surface area contributed by atoms with E-state index in [4.69, 9.17) is 9.47 Å². The number of hydrazone groups is 1. The molecule has 1 saturated heterocycles. The van der Waals surface area contributed by atoms with Crippen LogP contribution in [0.4, 0.5) is 0 Å². The molecule has 2 atom stereocenters. The number of ether oxygens (including phenoxy) is 2. The summed E-state index contributed by atoms with van der Waals surface area (Å²) in [6.07, 6.45) is 1.21. The van der Waals surface area contributed by atoms with Gasteiger partial charge in [0.15, 0.2) is 0 Å². The minimum atomic E-state index is -0.242. The van der Waals surface area contributed by atoms with Crippen molar-refractivity contribution in [3.05, 3.63) is 0 Å². The molecule has 0 bridgehead atoms. The molecule has 2 rings (SSSR count). The van der Waals surface area contributed by atoms with E-state index in [2.05, 4.69) is 15.8 Å². The van der Waals surface area contributed by atoms with E-state index in [0.717, 1.165) is 6.54 Å². The van der Waals surface area contributed by atoms with Crippen LogP contribution >= 0.6 is 0 Å². The summed E-state index contributed by atoms with van der Waals surface area (Å²) in [4.78, 5) is 25.3. The van der Waals surface area contributed by atoms with E-state index >= 15 is 0 Å². The van der Waals surface area contributed by atoms with Crippen molar-refractivity contribution in [2.75, 3.05) is 40.5 Å². The first-order valence-electron chi connectivity index (χ1n) is 7.56. The van der Waals surface area contributed by atoms with Gasteiger partial charge < -0.3 is 19.7 Å². The van der Waals surface area contributed by atoms with Gasteiger partial charge in [-0.25, -0.2) is 5.43 Å². The van der Waals surface area contributed by atoms with Crippen LogP contribution in [0.5, 0.6) is 0 Å². The molecule has 124 valence electrons. The average Bonchev–Trinajstić information content (AvgIpc) is 2.49. The predicted octanol–water partition coefficient (Wildman–Crippen LogP) is -0.896. The van der Waals surface area contributed by atoms with Crippen molar-refractivity contribution in [2.45, 2.75) is 31.4 Å². The predicted molar refractivity (Wildman–Crippen MR) is 80.5 cm³/mol. The Morgan fingerprint density at radius 1 is 1.50 bits per heavy atom. The Bertz CT molecular complexity index is 439. The standard InChI is InChI=1S/C14H24N4O4/c1-18(2)6-8-22-12-9-21-7-5-10(12)15-14(20)11-3-4-13(19)17-16-11/h10,12H,3-9H2,1-2H3,(H,15,20)(H,17,19)/t10-,12-/m1/s1. The van der Waals surface area contributed by atoms with Gasteiger partial charge in [-0.05, 0) is 20.5 Å². The Morgan fingerprint density at radius 3 is 3.00 bits per heavy atom. The molecule has 0 unspecified atom stereocenters. The normalized spacial score (nSPS) is 25.6. The topological polar surface area (TPSA) is 92.3 Å². The Morgan fingerprint density at radius 2 is 2.32 bits per heavy atom. The highest BCUT2D eigenvalue weighted by molar-refractivity contribution is 6.39. The molecular formula is C14H24N4O4. The largest absolute Gasteiger partial charge is 0.379 e. The Hall–Kier alpha value is -1.51. The molecule has 0 aromatic heterocycles. The van der Waals surface area contributed by atoms with E-state index in [1.54, 1.807) is 0 Å². The van der Waals surface area contributed by atoms with Crippen LogP contribution in [0.3, 0.4) is 0 Å². The molecule has 2 N–H and O–H groups in total. The highest BCUT2D eigenvalue weighted by Gasteiger charge is 2.29. The zero-order chi connectivity index (χ0) is 15.9. The summed E-state index contributed by atoms with van der Waals surface area (Å²) >= 11 is 0. The van der Waals surface area contributed by atoms with Crippen molar-refractivity contribution in [1.82, 2.24) is 15.6 Å². The lowest BCUT2D eigenvalue weighted by Crippen LogP contribution is -2.52. The molecule has 8 heteroatoms. The second-order valence-electron chi connectivity index (χ2n) is 5.75. The van der Waals surface area contributed by atoms with Crippen LogP contribution in [0, 0.1) is 0 Å². The van der Waals surface area contributed by atoms with Crippen LogP contribution in [0.1, 0.15) is 19.3 Å². The van der Waals surface area contributed by atoms with Gasteiger partial charge in [-0.15, -0.1) is 0 Å². The third kappa shape index (κ3) is 5.04. The molecule has 2 aliphatic heterocycles. The molecule has 1 fully saturated rings. The van der Waals surface area contributed by atoms with Crippen molar-refractivity contribution >= 4 is 17.5 Å². The maximum Gasteiger partial charge on any atom is 0.267 e. The zero-order valence-electron chi connectivity index (χ0n) is 13.1. The SMILES string of the molecule is CN(C)CCO[C@@H]1COCC[C@H]1NC(=O)C1=NNC(=O)CC1. The molecule has 2 aliphatic rings. The van der Waals surface area contributed by atoms with Gasteiger partial charge in [0.25, 0.3) is 5.91 Å². The molecule has 2 heterocycles. The Labute approximate surface area is 130 Å². The number of nitrogens with zero attached hydrogens (tertiary/aromatic N) is 2. The van der Waals surface area contributed by atoms with E-state index in [-0.39, 0.29) is 24.0 Å². The number of hydrogen-bond acceptors (Lipinski definition) is 6. The second kappa shape index (κ2) is 8.21. The van der Waals surface area contributed by atoms with E-state index in [1.807, 2.05) is 19.0 Å². The first-order valence-corrected chi connectivity index (χ1v) is 7.56. The molecule has 22 heavy (non-hydrogen) atoms. The third-order valence-corrected chi connectivity index (χ3v) is 3.66. The fourth-order valence-electron chi connectivity index (χ4n) is 2.32. The second-order valence-corrected chi connectivity index (χ2v) is 5.75. The van der Waals surface area contributed by atoms with Crippen LogP contribution in [-0.2, 0) is 19.1 Å². The maximum absolute atomic E-state index is 12.2. The number of carbonyl (C=O) groups excluding carboxylic acids is 2. The molecule has 0 spiro atoms. The molecular weight excluding hydrogens is 288 g/mol. The van der Waals surface area contributed by atoms with Gasteiger partial charge in [-0.1, -0.05) is 0 Å². The number of carbonyl (C=O) groups is 2. The lowest BCUT2D eigenvalue weighted by Gasteiger charge is -2.32. The number of amides is 2. The van der Waals surface area contributed by atoms with Gasteiger partial charge in [-0.3, -0.25) is 9.59 Å². The highest BCUT2D eigenvalue weighted by Crippen LogP contribution is 2.12. The van der Waals surface area contributed by atoms with Crippen molar-refractivity contribution < 1.29 is 19.1 Å². The summed E-state index contributed by atoms with van der Waals surface area (Å²) < 4.78 is 11.3. The summed E-state index contributed by atoms with van der Waals surface area (Å²) in [6, 6.07) is -0.0938. The monoisotopic (exact) mass is 312 g/mol. The fourth-order valence-corrected chi connectivity index (χ4v) is 2.32. The minimum absolute atomic E-state index is 0.0938. The molecule has 0 saturated carbocycles. The van der Waals surface area contributed by atoms with E-state index in [0.29, 0.717) is 44.8 Å². The number of rotatable bonds is 6. The quantitative estimate of drug-likeness (QED) is 0.663. The number of hydrogen-bond donors (Lipinski definition) is 2. The molecule has 0 aromatic carbocycles. The number of likely N-dealkylation sites (N-methyl/N-ethyl adjacent to an activating group) is 1. The number of nitrogens with one attached hydrogen (secondary N) is 2. The molecule has 0 radical (unpaired) electrons. The summed E-state index contributed by atoms with van der Waals surface area (Å²) in [7, 11) is 3.96. The zero-order valence-corrected chi connectivity index (χ0v) is 13.1. The first kappa shape index (κ1) is 16.9.